The maximum absolute atomic E-state index is 5.67. The fourth-order valence-corrected chi connectivity index (χ4v) is 2.80. The van der Waals surface area contributed by atoms with Crippen molar-refractivity contribution in [1.82, 2.24) is 14.4 Å². The third-order valence-corrected chi connectivity index (χ3v) is 3.90. The van der Waals surface area contributed by atoms with Crippen molar-refractivity contribution in [2.75, 3.05) is 0 Å². The molecular weight excluding hydrogens is 280 g/mol. The number of aromatic nitrogens is 3. The zero-order valence-electron chi connectivity index (χ0n) is 9.50. The Balaban J connectivity index is 2.45. The molecule has 0 atom stereocenters. The fourth-order valence-electron chi connectivity index (χ4n) is 2.18. The quantitative estimate of drug-likeness (QED) is 0.763. The number of hydrogen-bond donors (Lipinski definition) is 2. The summed E-state index contributed by atoms with van der Waals surface area (Å²) in [4.78, 5) is 7.87. The first-order valence-electron chi connectivity index (χ1n) is 5.62. The van der Waals surface area contributed by atoms with Crippen LogP contribution in [-0.4, -0.2) is 14.4 Å². The number of aromatic amines is 1. The molecule has 0 aliphatic heterocycles. The van der Waals surface area contributed by atoms with E-state index in [2.05, 4.69) is 55.4 Å². The first kappa shape index (κ1) is 10.8. The van der Waals surface area contributed by atoms with Crippen molar-refractivity contribution in [3.63, 3.8) is 0 Å². The monoisotopic (exact) mass is 292 g/mol. The van der Waals surface area contributed by atoms with E-state index in [1.807, 2.05) is 0 Å². The van der Waals surface area contributed by atoms with Crippen LogP contribution in [0.3, 0.4) is 0 Å². The van der Waals surface area contributed by atoms with Gasteiger partial charge in [0, 0.05) is 6.54 Å². The maximum Gasteiger partial charge on any atom is 0.213 e. The van der Waals surface area contributed by atoms with E-state index in [4.69, 9.17) is 5.73 Å². The minimum absolute atomic E-state index is 0.471. The fraction of sp³-hybridized carbons (Fsp3) is 0.250. The molecule has 3 N–H and O–H groups in total. The molecular formula is C12H13BrN4. The third kappa shape index (κ3) is 1.42. The first-order valence-corrected chi connectivity index (χ1v) is 6.42. The molecule has 3 aromatic rings. The Hall–Kier alpha value is -1.33. The normalized spacial score (nSPS) is 11.7. The smallest absolute Gasteiger partial charge is 0.213 e. The topological polar surface area (TPSA) is 59.1 Å². The van der Waals surface area contributed by atoms with E-state index in [9.17, 15) is 0 Å². The maximum atomic E-state index is 5.67. The lowest BCUT2D eigenvalue weighted by Gasteiger charge is -1.99. The van der Waals surface area contributed by atoms with Gasteiger partial charge in [-0.3, -0.25) is 4.40 Å². The van der Waals surface area contributed by atoms with E-state index in [0.717, 1.165) is 33.5 Å². The molecule has 17 heavy (non-hydrogen) atoms. The molecule has 4 nitrogen and oxygen atoms in total. The summed E-state index contributed by atoms with van der Waals surface area (Å²) in [5, 5.41) is 0. The summed E-state index contributed by atoms with van der Waals surface area (Å²) >= 11 is 3.57. The second kappa shape index (κ2) is 3.85. The van der Waals surface area contributed by atoms with Gasteiger partial charge in [-0.25, -0.2) is 4.98 Å². The van der Waals surface area contributed by atoms with Crippen LogP contribution in [0.1, 0.15) is 18.2 Å². The highest BCUT2D eigenvalue weighted by atomic mass is 79.9. The van der Waals surface area contributed by atoms with Crippen LogP contribution in [0.15, 0.2) is 22.8 Å². The van der Waals surface area contributed by atoms with Crippen LogP contribution in [0.25, 0.3) is 16.8 Å². The molecule has 0 saturated carbocycles. The van der Waals surface area contributed by atoms with Crippen molar-refractivity contribution in [2.45, 2.75) is 19.9 Å². The van der Waals surface area contributed by atoms with E-state index >= 15 is 0 Å². The highest BCUT2D eigenvalue weighted by Gasteiger charge is 2.14. The summed E-state index contributed by atoms with van der Waals surface area (Å²) in [6.07, 6.45) is 0.985. The summed E-state index contributed by atoms with van der Waals surface area (Å²) in [6, 6.07) is 6.26. The molecule has 0 fully saturated rings. The number of nitrogens with two attached hydrogens (primary N) is 1. The van der Waals surface area contributed by atoms with Gasteiger partial charge in [0.05, 0.1) is 16.7 Å². The Labute approximate surface area is 107 Å². The van der Waals surface area contributed by atoms with E-state index in [-0.39, 0.29) is 0 Å². The molecule has 0 radical (unpaired) electrons. The van der Waals surface area contributed by atoms with Crippen LogP contribution in [-0.2, 0) is 13.0 Å². The Morgan fingerprint density at radius 1 is 1.47 bits per heavy atom. The summed E-state index contributed by atoms with van der Waals surface area (Å²) in [6.45, 7) is 2.61. The molecule has 0 bridgehead atoms. The number of aryl methyl sites for hydroxylation is 1. The largest absolute Gasteiger partial charge is 0.325 e. The number of fused-ring (bicyclic) bond motifs is 3. The molecule has 2 heterocycles. The second-order valence-electron chi connectivity index (χ2n) is 4.01. The van der Waals surface area contributed by atoms with E-state index in [1.165, 1.54) is 5.56 Å². The summed E-state index contributed by atoms with van der Waals surface area (Å²) in [7, 11) is 0. The van der Waals surface area contributed by atoms with Crippen LogP contribution in [0.5, 0.6) is 0 Å². The standard InChI is InChI=1S/C12H13BrN4/c1-2-7-4-3-5-9-10(7)16-12-15-8(6-14)11(13)17(9)12/h3-5H,2,6,14H2,1H3,(H,15,16). The van der Waals surface area contributed by atoms with Crippen molar-refractivity contribution < 1.29 is 0 Å². The lowest BCUT2D eigenvalue weighted by Crippen LogP contribution is -1.97. The molecule has 0 aliphatic rings. The number of imidazole rings is 2. The van der Waals surface area contributed by atoms with Gasteiger partial charge in [0.2, 0.25) is 5.78 Å². The number of nitrogens with zero attached hydrogens (tertiary/aromatic N) is 2. The van der Waals surface area contributed by atoms with Gasteiger partial charge < -0.3 is 10.7 Å². The van der Waals surface area contributed by atoms with Crippen molar-refractivity contribution in [3.05, 3.63) is 34.1 Å². The van der Waals surface area contributed by atoms with Crippen LogP contribution in [0, 0.1) is 0 Å². The van der Waals surface area contributed by atoms with E-state index in [1.54, 1.807) is 0 Å². The minimum Gasteiger partial charge on any atom is -0.325 e. The number of halogens is 1. The van der Waals surface area contributed by atoms with Gasteiger partial charge >= 0.3 is 0 Å². The first-order chi connectivity index (χ1) is 8.26. The average Bonchev–Trinajstić information content (AvgIpc) is 2.86. The number of hydrogen-bond acceptors (Lipinski definition) is 2. The van der Waals surface area contributed by atoms with Gasteiger partial charge in [-0.2, -0.15) is 0 Å². The Morgan fingerprint density at radius 2 is 2.29 bits per heavy atom. The number of H-pyrrole nitrogens is 1. The Kier molecular flexibility index (Phi) is 2.45. The van der Waals surface area contributed by atoms with Crippen molar-refractivity contribution in [3.8, 4) is 0 Å². The van der Waals surface area contributed by atoms with Crippen LogP contribution in [0.2, 0.25) is 0 Å². The molecule has 0 saturated heterocycles. The van der Waals surface area contributed by atoms with Crippen molar-refractivity contribution in [1.29, 1.82) is 0 Å². The SMILES string of the molecule is CCc1cccc2c1nc1[nH]c(CN)c(Br)n12. The predicted molar refractivity (Wildman–Crippen MR) is 72.0 cm³/mol. The molecule has 2 aromatic heterocycles. The number of para-hydroxylation sites is 1. The number of benzene rings is 1. The molecule has 5 heteroatoms. The highest BCUT2D eigenvalue weighted by molar-refractivity contribution is 9.10. The Morgan fingerprint density at radius 3 is 3.00 bits per heavy atom. The molecule has 3 rings (SSSR count). The minimum atomic E-state index is 0.471. The average molecular weight is 293 g/mol. The molecule has 1 aromatic carbocycles. The van der Waals surface area contributed by atoms with E-state index in [0.29, 0.717) is 6.54 Å². The second-order valence-corrected chi connectivity index (χ2v) is 4.76. The zero-order valence-corrected chi connectivity index (χ0v) is 11.1. The summed E-state index contributed by atoms with van der Waals surface area (Å²) in [5.74, 6) is 0.841. The lowest BCUT2D eigenvalue weighted by atomic mass is 10.1. The molecule has 0 aliphatic carbocycles. The van der Waals surface area contributed by atoms with E-state index < -0.39 is 0 Å². The third-order valence-electron chi connectivity index (χ3n) is 3.06. The van der Waals surface area contributed by atoms with Crippen LogP contribution >= 0.6 is 15.9 Å². The van der Waals surface area contributed by atoms with Gasteiger partial charge in [0.25, 0.3) is 0 Å². The van der Waals surface area contributed by atoms with Crippen LogP contribution < -0.4 is 5.73 Å². The molecule has 0 spiro atoms. The molecule has 0 unspecified atom stereocenters. The van der Waals surface area contributed by atoms with Crippen LogP contribution in [0.4, 0.5) is 0 Å². The summed E-state index contributed by atoms with van der Waals surface area (Å²) < 4.78 is 3.03. The van der Waals surface area contributed by atoms with Gasteiger partial charge in [-0.15, -0.1) is 0 Å². The molecule has 0 amide bonds. The zero-order chi connectivity index (χ0) is 12.0. The van der Waals surface area contributed by atoms with Crippen molar-refractivity contribution in [2.24, 2.45) is 5.73 Å². The predicted octanol–water partition coefficient (Wildman–Crippen LogP) is 2.60. The molecule has 88 valence electrons. The Bertz CT molecular complexity index is 695. The highest BCUT2D eigenvalue weighted by Crippen LogP contribution is 2.26. The van der Waals surface area contributed by atoms with Gasteiger partial charge in [-0.05, 0) is 34.0 Å². The van der Waals surface area contributed by atoms with Gasteiger partial charge in [0.1, 0.15) is 4.60 Å². The lowest BCUT2D eigenvalue weighted by molar-refractivity contribution is 1.00. The number of rotatable bonds is 2. The van der Waals surface area contributed by atoms with Crippen molar-refractivity contribution >= 4 is 32.7 Å². The van der Waals surface area contributed by atoms with Gasteiger partial charge in [0.15, 0.2) is 0 Å². The number of nitrogens with one attached hydrogen (secondary N) is 1. The summed E-state index contributed by atoms with van der Waals surface area (Å²) in [5.41, 5.74) is 10.1. The van der Waals surface area contributed by atoms with Gasteiger partial charge in [-0.1, -0.05) is 19.1 Å².